The lowest BCUT2D eigenvalue weighted by atomic mass is 10.2. The van der Waals surface area contributed by atoms with E-state index in [-0.39, 0.29) is 29.2 Å². The molecule has 0 atom stereocenters. The number of halogens is 5. The van der Waals surface area contributed by atoms with Gasteiger partial charge in [-0.1, -0.05) is 6.07 Å². The highest BCUT2D eigenvalue weighted by Crippen LogP contribution is 2.29. The van der Waals surface area contributed by atoms with E-state index in [4.69, 9.17) is 5.11 Å². The Balaban J connectivity index is 1.76. The first-order chi connectivity index (χ1) is 14.2. The van der Waals surface area contributed by atoms with Gasteiger partial charge < -0.3 is 15.7 Å². The van der Waals surface area contributed by atoms with E-state index in [0.717, 1.165) is 28.9 Å². The van der Waals surface area contributed by atoms with Gasteiger partial charge in [-0.15, -0.1) is 0 Å². The fourth-order valence-electron chi connectivity index (χ4n) is 2.59. The summed E-state index contributed by atoms with van der Waals surface area (Å²) in [4.78, 5) is 12.1. The smallest absolute Gasteiger partial charge is 0.392 e. The van der Waals surface area contributed by atoms with E-state index in [9.17, 15) is 26.7 Å². The molecule has 0 radical (unpaired) electrons. The van der Waals surface area contributed by atoms with E-state index >= 15 is 0 Å². The van der Waals surface area contributed by atoms with Crippen molar-refractivity contribution >= 4 is 11.7 Å². The number of alkyl halides is 3. The van der Waals surface area contributed by atoms with E-state index < -0.39 is 36.1 Å². The summed E-state index contributed by atoms with van der Waals surface area (Å²) in [7, 11) is 0. The van der Waals surface area contributed by atoms with Crippen molar-refractivity contribution in [3.05, 3.63) is 77.1 Å². The summed E-state index contributed by atoms with van der Waals surface area (Å²) in [5.74, 6) is -1.29. The molecule has 1 heterocycles. The summed E-state index contributed by atoms with van der Waals surface area (Å²) >= 11 is 0. The second kappa shape index (κ2) is 8.49. The van der Waals surface area contributed by atoms with Crippen LogP contribution >= 0.6 is 0 Å². The summed E-state index contributed by atoms with van der Waals surface area (Å²) in [6, 6.07) is 8.23. The molecule has 3 N–H and O–H groups in total. The van der Waals surface area contributed by atoms with Crippen LogP contribution in [-0.4, -0.2) is 20.9 Å². The van der Waals surface area contributed by atoms with Crippen molar-refractivity contribution in [1.29, 1.82) is 0 Å². The maximum absolute atomic E-state index is 13.7. The van der Waals surface area contributed by atoms with Gasteiger partial charge in [-0.05, 0) is 42.5 Å². The highest BCUT2D eigenvalue weighted by molar-refractivity contribution is 5.89. The number of hydrogen-bond donors (Lipinski definition) is 3. The number of aliphatic hydroxyl groups excluding tert-OH is 1. The molecule has 30 heavy (non-hydrogen) atoms. The van der Waals surface area contributed by atoms with Crippen LogP contribution in [0.25, 0.3) is 5.69 Å². The molecular weight excluding hydrogens is 411 g/mol. The summed E-state index contributed by atoms with van der Waals surface area (Å²) < 4.78 is 66.9. The molecule has 3 aromatic rings. The van der Waals surface area contributed by atoms with Gasteiger partial charge >= 0.3 is 12.2 Å². The number of aliphatic hydroxyl groups is 1. The molecule has 0 unspecified atom stereocenters. The first-order valence-electron chi connectivity index (χ1n) is 8.53. The SMILES string of the molecule is O=C(NCc1cc(C(F)(F)F)nn1-c1ccc(F)cc1)Nc1ccc(CO)c(F)c1. The number of aromatic nitrogens is 2. The normalized spacial score (nSPS) is 11.4. The number of rotatable bonds is 5. The topological polar surface area (TPSA) is 79.2 Å². The standard InChI is InChI=1S/C19H15F5N4O2/c20-12-2-5-14(6-3-12)28-15(8-17(27-28)19(22,23)24)9-25-18(30)26-13-4-1-11(10-29)16(21)7-13/h1-8,29H,9-10H2,(H2,25,26,30). The van der Waals surface area contributed by atoms with Crippen LogP contribution in [0, 0.1) is 11.6 Å². The predicted molar refractivity (Wildman–Crippen MR) is 96.7 cm³/mol. The van der Waals surface area contributed by atoms with Crippen LogP contribution in [-0.2, 0) is 19.3 Å². The molecule has 0 aliphatic rings. The third-order valence-electron chi connectivity index (χ3n) is 4.06. The molecule has 0 saturated carbocycles. The zero-order valence-electron chi connectivity index (χ0n) is 15.2. The monoisotopic (exact) mass is 426 g/mol. The van der Waals surface area contributed by atoms with Crippen LogP contribution in [0.5, 0.6) is 0 Å². The Hall–Kier alpha value is -3.47. The van der Waals surface area contributed by atoms with Gasteiger partial charge in [0.25, 0.3) is 0 Å². The highest BCUT2D eigenvalue weighted by atomic mass is 19.4. The lowest BCUT2D eigenvalue weighted by Crippen LogP contribution is -2.29. The van der Waals surface area contributed by atoms with Crippen LogP contribution in [0.15, 0.2) is 48.5 Å². The van der Waals surface area contributed by atoms with Crippen molar-refractivity contribution in [1.82, 2.24) is 15.1 Å². The van der Waals surface area contributed by atoms with Crippen molar-refractivity contribution < 1.29 is 31.9 Å². The van der Waals surface area contributed by atoms with Gasteiger partial charge in [0.2, 0.25) is 0 Å². The maximum Gasteiger partial charge on any atom is 0.435 e. The molecule has 1 aromatic heterocycles. The zero-order valence-corrected chi connectivity index (χ0v) is 15.2. The average Bonchev–Trinajstić information content (AvgIpc) is 3.12. The first-order valence-corrected chi connectivity index (χ1v) is 8.53. The molecule has 0 aliphatic heterocycles. The second-order valence-corrected chi connectivity index (χ2v) is 6.18. The lowest BCUT2D eigenvalue weighted by molar-refractivity contribution is -0.141. The van der Waals surface area contributed by atoms with Crippen LogP contribution in [0.2, 0.25) is 0 Å². The quantitative estimate of drug-likeness (QED) is 0.540. The molecule has 0 aliphatic carbocycles. The average molecular weight is 426 g/mol. The number of nitrogens with zero attached hydrogens (tertiary/aromatic N) is 2. The third-order valence-corrected chi connectivity index (χ3v) is 4.06. The highest BCUT2D eigenvalue weighted by Gasteiger charge is 2.35. The zero-order chi connectivity index (χ0) is 21.9. The van der Waals surface area contributed by atoms with Crippen molar-refractivity contribution in [3.63, 3.8) is 0 Å². The maximum atomic E-state index is 13.7. The Kier molecular flexibility index (Phi) is 6.01. The van der Waals surface area contributed by atoms with Gasteiger partial charge in [-0.25, -0.2) is 18.3 Å². The van der Waals surface area contributed by atoms with E-state index in [1.54, 1.807) is 0 Å². The number of carbonyl (C=O) groups excluding carboxylic acids is 1. The summed E-state index contributed by atoms with van der Waals surface area (Å²) in [5.41, 5.74) is -0.878. The van der Waals surface area contributed by atoms with Crippen LogP contribution in [0.4, 0.5) is 32.4 Å². The molecule has 6 nitrogen and oxygen atoms in total. The fourth-order valence-corrected chi connectivity index (χ4v) is 2.59. The van der Waals surface area contributed by atoms with Gasteiger partial charge in [0.15, 0.2) is 5.69 Å². The van der Waals surface area contributed by atoms with Gasteiger partial charge in [-0.2, -0.15) is 18.3 Å². The molecule has 0 spiro atoms. The minimum Gasteiger partial charge on any atom is -0.392 e. The van der Waals surface area contributed by atoms with Crippen LogP contribution in [0.1, 0.15) is 17.0 Å². The van der Waals surface area contributed by atoms with Crippen LogP contribution in [0.3, 0.4) is 0 Å². The second-order valence-electron chi connectivity index (χ2n) is 6.18. The number of anilines is 1. The Bertz CT molecular complexity index is 1050. The Morgan fingerprint density at radius 3 is 2.37 bits per heavy atom. The Labute approximate surface area is 166 Å². The number of nitrogens with one attached hydrogen (secondary N) is 2. The van der Waals surface area contributed by atoms with Gasteiger partial charge in [-0.3, -0.25) is 0 Å². The molecule has 2 amide bonds. The molecule has 158 valence electrons. The van der Waals surface area contributed by atoms with Crippen molar-refractivity contribution in [2.24, 2.45) is 0 Å². The molecule has 11 heteroatoms. The molecule has 0 fully saturated rings. The van der Waals surface area contributed by atoms with E-state index in [0.29, 0.717) is 0 Å². The number of hydrogen-bond acceptors (Lipinski definition) is 3. The lowest BCUT2D eigenvalue weighted by Gasteiger charge is -2.10. The summed E-state index contributed by atoms with van der Waals surface area (Å²) in [6.45, 7) is -0.850. The minimum absolute atomic E-state index is 0.00843. The number of amides is 2. The van der Waals surface area contributed by atoms with E-state index in [2.05, 4.69) is 15.7 Å². The number of urea groups is 1. The van der Waals surface area contributed by atoms with Gasteiger partial charge in [0, 0.05) is 11.3 Å². The molecule has 3 rings (SSSR count). The molecule has 0 bridgehead atoms. The number of carbonyl (C=O) groups is 1. The van der Waals surface area contributed by atoms with E-state index in [1.807, 2.05) is 0 Å². The fraction of sp³-hybridized carbons (Fsp3) is 0.158. The van der Waals surface area contributed by atoms with Gasteiger partial charge in [0.1, 0.15) is 11.6 Å². The van der Waals surface area contributed by atoms with Crippen molar-refractivity contribution in [2.75, 3.05) is 5.32 Å². The van der Waals surface area contributed by atoms with Crippen molar-refractivity contribution in [2.45, 2.75) is 19.3 Å². The van der Waals surface area contributed by atoms with E-state index in [1.165, 1.54) is 24.3 Å². The minimum atomic E-state index is -4.71. The number of benzene rings is 2. The largest absolute Gasteiger partial charge is 0.435 e. The summed E-state index contributed by atoms with van der Waals surface area (Å²) in [6.07, 6.45) is -4.71. The molecule has 2 aromatic carbocycles. The van der Waals surface area contributed by atoms with Crippen LogP contribution < -0.4 is 10.6 Å². The predicted octanol–water partition coefficient (Wildman–Crippen LogP) is 3.98. The first kappa shape index (κ1) is 21.2. The Morgan fingerprint density at radius 1 is 1.07 bits per heavy atom. The molecular formula is C19H15F5N4O2. The molecule has 0 saturated heterocycles. The van der Waals surface area contributed by atoms with Crippen molar-refractivity contribution in [3.8, 4) is 5.69 Å². The Morgan fingerprint density at radius 2 is 1.77 bits per heavy atom. The van der Waals surface area contributed by atoms with Gasteiger partial charge in [0.05, 0.1) is 24.5 Å². The third kappa shape index (κ3) is 4.92. The summed E-state index contributed by atoms with van der Waals surface area (Å²) in [5, 5.41) is 17.1.